The zero-order chi connectivity index (χ0) is 18.8. The first-order valence-electron chi connectivity index (χ1n) is 7.71. The molecule has 0 aliphatic rings. The number of nitro groups is 1. The molecule has 0 saturated heterocycles. The number of nitrogens with two attached hydrogens (primary N) is 1. The largest absolute Gasteiger partial charge is 0.461 e. The molecule has 10 nitrogen and oxygen atoms in total. The first kappa shape index (κ1) is 17.1. The Balaban J connectivity index is 2.16. The predicted molar refractivity (Wildman–Crippen MR) is 92.4 cm³/mol. The van der Waals surface area contributed by atoms with Gasteiger partial charge in [0.1, 0.15) is 12.0 Å². The van der Waals surface area contributed by atoms with Crippen LogP contribution in [0.25, 0.3) is 11.4 Å². The first-order valence-corrected chi connectivity index (χ1v) is 7.71. The van der Waals surface area contributed by atoms with E-state index in [0.717, 1.165) is 0 Å². The van der Waals surface area contributed by atoms with E-state index in [9.17, 15) is 14.9 Å². The van der Waals surface area contributed by atoms with Crippen molar-refractivity contribution in [3.63, 3.8) is 0 Å². The Morgan fingerprint density at radius 1 is 1.35 bits per heavy atom. The van der Waals surface area contributed by atoms with Gasteiger partial charge < -0.3 is 19.6 Å². The Hall–Kier alpha value is -3.69. The normalized spacial score (nSPS) is 10.7. The number of carbonyl (C=O) groups is 1. The summed E-state index contributed by atoms with van der Waals surface area (Å²) in [5.74, 6) is -0.543. The number of nitrogens with zero attached hydrogens (tertiary/aromatic N) is 5. The molecule has 2 heterocycles. The number of rotatable bonds is 5. The van der Waals surface area contributed by atoms with Crippen molar-refractivity contribution in [3.8, 4) is 11.4 Å². The summed E-state index contributed by atoms with van der Waals surface area (Å²) in [7, 11) is 0. The number of esters is 1. The molecule has 0 radical (unpaired) electrons. The van der Waals surface area contributed by atoms with Gasteiger partial charge in [0.15, 0.2) is 5.69 Å². The minimum Gasteiger partial charge on any atom is -0.461 e. The van der Waals surface area contributed by atoms with Crippen molar-refractivity contribution in [2.75, 3.05) is 12.3 Å². The van der Waals surface area contributed by atoms with E-state index in [1.807, 2.05) is 0 Å². The van der Waals surface area contributed by atoms with Gasteiger partial charge in [-0.2, -0.15) is 0 Å². The van der Waals surface area contributed by atoms with Crippen molar-refractivity contribution in [3.05, 3.63) is 58.7 Å². The summed E-state index contributed by atoms with van der Waals surface area (Å²) in [6.45, 7) is 3.63. The zero-order valence-corrected chi connectivity index (χ0v) is 14.1. The summed E-state index contributed by atoms with van der Waals surface area (Å²) in [5, 5.41) is 11.4. The molecule has 2 aromatic heterocycles. The number of nitrogen functional groups attached to an aromatic ring is 1. The Morgan fingerprint density at radius 2 is 2.12 bits per heavy atom. The highest BCUT2D eigenvalue weighted by atomic mass is 16.6. The van der Waals surface area contributed by atoms with Gasteiger partial charge in [0.25, 0.3) is 5.69 Å². The molecule has 0 unspecified atom stereocenters. The molecule has 0 bridgehead atoms. The Morgan fingerprint density at radius 3 is 2.73 bits per heavy atom. The van der Waals surface area contributed by atoms with Crippen LogP contribution >= 0.6 is 0 Å². The van der Waals surface area contributed by atoms with E-state index in [0.29, 0.717) is 17.1 Å². The summed E-state index contributed by atoms with van der Waals surface area (Å²) < 4.78 is 8.08. The van der Waals surface area contributed by atoms with Gasteiger partial charge >= 0.3 is 5.97 Å². The Labute approximate surface area is 148 Å². The predicted octanol–water partition coefficient (Wildman–Crippen LogP) is 2.03. The van der Waals surface area contributed by atoms with Gasteiger partial charge in [0, 0.05) is 18.5 Å². The number of nitro benzene ring substituents is 1. The highest BCUT2D eigenvalue weighted by molar-refractivity contribution is 5.88. The lowest BCUT2D eigenvalue weighted by Crippen LogP contribution is -2.09. The van der Waals surface area contributed by atoms with Crippen molar-refractivity contribution in [2.24, 2.45) is 0 Å². The van der Waals surface area contributed by atoms with Gasteiger partial charge in [-0.05, 0) is 19.9 Å². The second-order valence-corrected chi connectivity index (χ2v) is 5.40. The molecule has 0 amide bonds. The highest BCUT2D eigenvalue weighted by Crippen LogP contribution is 2.31. The minimum absolute atomic E-state index is 0.160. The van der Waals surface area contributed by atoms with Gasteiger partial charge in [-0.15, -0.1) is 0 Å². The van der Waals surface area contributed by atoms with Crippen LogP contribution < -0.4 is 5.73 Å². The highest BCUT2D eigenvalue weighted by Gasteiger charge is 2.22. The lowest BCUT2D eigenvalue weighted by atomic mass is 10.2. The standard InChI is InChI=1S/C16H16N6O4/c1-3-26-16(23)15-10(2)21(9-19-15)12-7-13(20-5-4-18-8-20)14(22(24)25)6-11(12)17/h4-9H,3,17H2,1-2H3. The molecule has 3 rings (SSSR count). The number of ether oxygens (including phenoxy) is 1. The summed E-state index contributed by atoms with van der Waals surface area (Å²) >= 11 is 0. The zero-order valence-electron chi connectivity index (χ0n) is 14.1. The number of anilines is 1. The summed E-state index contributed by atoms with van der Waals surface area (Å²) in [6.07, 6.45) is 5.98. The summed E-state index contributed by atoms with van der Waals surface area (Å²) in [4.78, 5) is 30.8. The molecular weight excluding hydrogens is 340 g/mol. The monoisotopic (exact) mass is 356 g/mol. The van der Waals surface area contributed by atoms with E-state index in [1.165, 1.54) is 29.5 Å². The SMILES string of the molecule is CCOC(=O)c1ncn(-c2cc(-n3ccnc3)c([N+](=O)[O-])cc2N)c1C. The Bertz CT molecular complexity index is 977. The number of hydrogen-bond donors (Lipinski definition) is 1. The van der Waals surface area contributed by atoms with Crippen LogP contribution in [0.3, 0.4) is 0 Å². The molecule has 0 aliphatic carbocycles. The van der Waals surface area contributed by atoms with Crippen LogP contribution in [0.15, 0.2) is 37.2 Å². The molecule has 134 valence electrons. The van der Waals surface area contributed by atoms with Crippen LogP contribution in [-0.2, 0) is 4.74 Å². The van der Waals surface area contributed by atoms with E-state index < -0.39 is 10.9 Å². The van der Waals surface area contributed by atoms with E-state index in [-0.39, 0.29) is 23.7 Å². The quantitative estimate of drug-likeness (QED) is 0.320. The lowest BCUT2D eigenvalue weighted by Gasteiger charge is -2.12. The molecule has 0 saturated carbocycles. The number of aromatic nitrogens is 4. The van der Waals surface area contributed by atoms with Crippen molar-refractivity contribution in [1.82, 2.24) is 19.1 Å². The van der Waals surface area contributed by atoms with E-state index in [1.54, 1.807) is 30.7 Å². The second-order valence-electron chi connectivity index (χ2n) is 5.40. The topological polar surface area (TPSA) is 131 Å². The molecule has 2 N–H and O–H groups in total. The summed E-state index contributed by atoms with van der Waals surface area (Å²) in [6, 6.07) is 2.83. The molecule has 3 aromatic rings. The van der Waals surface area contributed by atoms with Gasteiger partial charge in [0.2, 0.25) is 0 Å². The number of imidazole rings is 2. The average Bonchev–Trinajstić information content (AvgIpc) is 3.25. The van der Waals surface area contributed by atoms with Crippen molar-refractivity contribution in [2.45, 2.75) is 13.8 Å². The molecule has 0 aliphatic heterocycles. The van der Waals surface area contributed by atoms with Crippen LogP contribution in [0.5, 0.6) is 0 Å². The number of hydrogen-bond acceptors (Lipinski definition) is 7. The van der Waals surface area contributed by atoms with Gasteiger partial charge in [-0.3, -0.25) is 10.1 Å². The van der Waals surface area contributed by atoms with Gasteiger partial charge in [-0.25, -0.2) is 14.8 Å². The smallest absolute Gasteiger partial charge is 0.358 e. The number of benzene rings is 1. The summed E-state index contributed by atoms with van der Waals surface area (Å²) in [5.41, 5.74) is 7.48. The molecule has 0 spiro atoms. The fourth-order valence-electron chi connectivity index (χ4n) is 2.60. The third-order valence-corrected chi connectivity index (χ3v) is 3.84. The minimum atomic E-state index is -0.543. The van der Waals surface area contributed by atoms with Crippen LogP contribution in [0, 0.1) is 17.0 Å². The van der Waals surface area contributed by atoms with Crippen LogP contribution in [-0.4, -0.2) is 36.6 Å². The molecule has 26 heavy (non-hydrogen) atoms. The van der Waals surface area contributed by atoms with Crippen molar-refractivity contribution < 1.29 is 14.5 Å². The third-order valence-electron chi connectivity index (χ3n) is 3.84. The fraction of sp³-hybridized carbons (Fsp3) is 0.188. The molecule has 1 aromatic carbocycles. The number of carbonyl (C=O) groups excluding carboxylic acids is 1. The van der Waals surface area contributed by atoms with E-state index in [4.69, 9.17) is 10.5 Å². The second kappa shape index (κ2) is 6.67. The van der Waals surface area contributed by atoms with E-state index in [2.05, 4.69) is 9.97 Å². The maximum Gasteiger partial charge on any atom is 0.358 e. The Kier molecular flexibility index (Phi) is 4.40. The van der Waals surface area contributed by atoms with Crippen LogP contribution in [0.4, 0.5) is 11.4 Å². The van der Waals surface area contributed by atoms with Gasteiger partial charge in [0.05, 0.1) is 34.9 Å². The lowest BCUT2D eigenvalue weighted by molar-refractivity contribution is -0.384. The maximum atomic E-state index is 12.0. The molecule has 0 atom stereocenters. The third kappa shape index (κ3) is 2.88. The van der Waals surface area contributed by atoms with Crippen LogP contribution in [0.1, 0.15) is 23.1 Å². The van der Waals surface area contributed by atoms with E-state index >= 15 is 0 Å². The molecular formula is C16H16N6O4. The van der Waals surface area contributed by atoms with Gasteiger partial charge in [-0.1, -0.05) is 0 Å². The fourth-order valence-corrected chi connectivity index (χ4v) is 2.60. The average molecular weight is 356 g/mol. The molecule has 0 fully saturated rings. The van der Waals surface area contributed by atoms with Crippen molar-refractivity contribution in [1.29, 1.82) is 0 Å². The maximum absolute atomic E-state index is 12.0. The first-order chi connectivity index (χ1) is 12.4. The van der Waals surface area contributed by atoms with Crippen molar-refractivity contribution >= 4 is 17.3 Å². The molecule has 10 heteroatoms. The van der Waals surface area contributed by atoms with Crippen LogP contribution in [0.2, 0.25) is 0 Å².